The van der Waals surface area contributed by atoms with Gasteiger partial charge in [0.2, 0.25) is 0 Å². The van der Waals surface area contributed by atoms with E-state index in [0.29, 0.717) is 11.7 Å². The van der Waals surface area contributed by atoms with Gasteiger partial charge in [-0.3, -0.25) is 0 Å². The topological polar surface area (TPSA) is 52.0 Å². The van der Waals surface area contributed by atoms with Crippen molar-refractivity contribution >= 4 is 0 Å². The fourth-order valence-corrected chi connectivity index (χ4v) is 1.68. The van der Waals surface area contributed by atoms with Crippen molar-refractivity contribution in [3.05, 3.63) is 41.7 Å². The molecule has 1 atom stereocenters. The summed E-state index contributed by atoms with van der Waals surface area (Å²) < 4.78 is 5.18. The van der Waals surface area contributed by atoms with Crippen molar-refractivity contribution in [2.45, 2.75) is 32.7 Å². The van der Waals surface area contributed by atoms with Crippen LogP contribution in [0.4, 0.5) is 0 Å². The molecular formula is C14H18N2O. The van der Waals surface area contributed by atoms with Crippen LogP contribution in [0, 0.1) is 0 Å². The van der Waals surface area contributed by atoms with Crippen molar-refractivity contribution in [1.82, 2.24) is 5.16 Å². The average molecular weight is 230 g/mol. The Hall–Kier alpha value is -1.61. The van der Waals surface area contributed by atoms with E-state index >= 15 is 0 Å². The molecule has 3 nitrogen and oxygen atoms in total. The number of aromatic nitrogens is 1. The Balaban J connectivity index is 2.27. The predicted molar refractivity (Wildman–Crippen MR) is 68.6 cm³/mol. The molecule has 0 fully saturated rings. The van der Waals surface area contributed by atoms with Gasteiger partial charge in [-0.25, -0.2) is 0 Å². The quantitative estimate of drug-likeness (QED) is 0.878. The van der Waals surface area contributed by atoms with Gasteiger partial charge in [-0.15, -0.1) is 0 Å². The second-order valence-electron chi connectivity index (χ2n) is 4.68. The van der Waals surface area contributed by atoms with Crippen molar-refractivity contribution in [3.8, 4) is 11.3 Å². The van der Waals surface area contributed by atoms with Crippen LogP contribution in [0.2, 0.25) is 0 Å². The standard InChI is InChI=1S/C14H18N2O/c1-9(2)11-4-6-12(7-5-11)13-8-14(10(3)15)17-16-13/h4-10H,15H2,1-3H3. The monoisotopic (exact) mass is 230 g/mol. The van der Waals surface area contributed by atoms with Gasteiger partial charge >= 0.3 is 0 Å². The van der Waals surface area contributed by atoms with Crippen LogP contribution >= 0.6 is 0 Å². The minimum atomic E-state index is -0.119. The largest absolute Gasteiger partial charge is 0.359 e. The van der Waals surface area contributed by atoms with E-state index in [-0.39, 0.29) is 6.04 Å². The number of nitrogens with zero attached hydrogens (tertiary/aromatic N) is 1. The average Bonchev–Trinajstić information content (AvgIpc) is 2.78. The Morgan fingerprint density at radius 1 is 1.12 bits per heavy atom. The summed E-state index contributed by atoms with van der Waals surface area (Å²) in [6.07, 6.45) is 0. The van der Waals surface area contributed by atoms with E-state index < -0.39 is 0 Å². The molecule has 1 heterocycles. The lowest BCUT2D eigenvalue weighted by Gasteiger charge is -2.04. The number of benzene rings is 1. The maximum Gasteiger partial charge on any atom is 0.153 e. The highest BCUT2D eigenvalue weighted by atomic mass is 16.5. The smallest absolute Gasteiger partial charge is 0.153 e. The lowest BCUT2D eigenvalue weighted by Crippen LogP contribution is -2.02. The highest BCUT2D eigenvalue weighted by Crippen LogP contribution is 2.23. The Kier molecular flexibility index (Phi) is 3.29. The lowest BCUT2D eigenvalue weighted by atomic mass is 10.0. The third-order valence-corrected chi connectivity index (χ3v) is 2.85. The number of rotatable bonds is 3. The highest BCUT2D eigenvalue weighted by molar-refractivity contribution is 5.59. The SMILES string of the molecule is CC(C)c1ccc(-c2cc(C(C)N)on2)cc1. The Morgan fingerprint density at radius 2 is 1.76 bits per heavy atom. The molecule has 2 aromatic rings. The molecule has 0 spiro atoms. The summed E-state index contributed by atoms with van der Waals surface area (Å²) in [6.45, 7) is 6.24. The van der Waals surface area contributed by atoms with Crippen molar-refractivity contribution in [2.75, 3.05) is 0 Å². The van der Waals surface area contributed by atoms with Gasteiger partial charge < -0.3 is 10.3 Å². The summed E-state index contributed by atoms with van der Waals surface area (Å²) >= 11 is 0. The van der Waals surface area contributed by atoms with Crippen LogP contribution in [0.25, 0.3) is 11.3 Å². The second-order valence-corrected chi connectivity index (χ2v) is 4.68. The van der Waals surface area contributed by atoms with Gasteiger partial charge in [0.05, 0.1) is 6.04 Å². The maximum absolute atomic E-state index is 5.74. The van der Waals surface area contributed by atoms with E-state index in [4.69, 9.17) is 10.3 Å². The van der Waals surface area contributed by atoms with Crippen molar-refractivity contribution in [1.29, 1.82) is 0 Å². The molecule has 0 aliphatic rings. The molecule has 0 aliphatic heterocycles. The third kappa shape index (κ3) is 2.56. The van der Waals surface area contributed by atoms with Gasteiger partial charge in [0.15, 0.2) is 5.76 Å². The zero-order chi connectivity index (χ0) is 12.4. The van der Waals surface area contributed by atoms with Gasteiger partial charge in [0.1, 0.15) is 5.69 Å². The maximum atomic E-state index is 5.74. The molecule has 0 bridgehead atoms. The first-order valence-electron chi connectivity index (χ1n) is 5.90. The van der Waals surface area contributed by atoms with Crippen LogP contribution in [0.3, 0.4) is 0 Å². The molecule has 3 heteroatoms. The summed E-state index contributed by atoms with van der Waals surface area (Å²) in [4.78, 5) is 0. The summed E-state index contributed by atoms with van der Waals surface area (Å²) in [6, 6.07) is 10.2. The predicted octanol–water partition coefficient (Wildman–Crippen LogP) is 3.48. The van der Waals surface area contributed by atoms with E-state index in [9.17, 15) is 0 Å². The van der Waals surface area contributed by atoms with Crippen LogP contribution in [-0.2, 0) is 0 Å². The van der Waals surface area contributed by atoms with Gasteiger partial charge in [-0.1, -0.05) is 43.3 Å². The molecule has 1 unspecified atom stereocenters. The molecule has 90 valence electrons. The van der Waals surface area contributed by atoms with Crippen LogP contribution < -0.4 is 5.73 Å². The Morgan fingerprint density at radius 3 is 2.24 bits per heavy atom. The molecule has 1 aromatic carbocycles. The number of hydrogen-bond donors (Lipinski definition) is 1. The lowest BCUT2D eigenvalue weighted by molar-refractivity contribution is 0.369. The van der Waals surface area contributed by atoms with E-state index in [1.54, 1.807) is 0 Å². The van der Waals surface area contributed by atoms with Crippen LogP contribution in [0.1, 0.15) is 44.1 Å². The minimum absolute atomic E-state index is 0.119. The molecule has 1 aromatic heterocycles. The first-order chi connectivity index (χ1) is 8.08. The summed E-state index contributed by atoms with van der Waals surface area (Å²) in [5.41, 5.74) is 8.96. The first-order valence-corrected chi connectivity index (χ1v) is 5.90. The van der Waals surface area contributed by atoms with Gasteiger partial charge in [-0.2, -0.15) is 0 Å². The molecule has 0 saturated carbocycles. The van der Waals surface area contributed by atoms with E-state index in [2.05, 4.69) is 43.3 Å². The molecule has 0 aliphatic carbocycles. The normalized spacial score (nSPS) is 13.0. The van der Waals surface area contributed by atoms with Gasteiger partial charge in [0, 0.05) is 11.6 Å². The fourth-order valence-electron chi connectivity index (χ4n) is 1.68. The van der Waals surface area contributed by atoms with E-state index in [1.807, 2.05) is 13.0 Å². The fraction of sp³-hybridized carbons (Fsp3) is 0.357. The Bertz CT molecular complexity index is 483. The summed E-state index contributed by atoms with van der Waals surface area (Å²) in [5, 5.41) is 4.03. The van der Waals surface area contributed by atoms with Crippen molar-refractivity contribution in [3.63, 3.8) is 0 Å². The summed E-state index contributed by atoms with van der Waals surface area (Å²) in [7, 11) is 0. The van der Waals surface area contributed by atoms with Crippen LogP contribution in [0.5, 0.6) is 0 Å². The second kappa shape index (κ2) is 4.72. The zero-order valence-electron chi connectivity index (χ0n) is 10.5. The van der Waals surface area contributed by atoms with Crippen molar-refractivity contribution in [2.24, 2.45) is 5.73 Å². The van der Waals surface area contributed by atoms with E-state index in [0.717, 1.165) is 11.3 Å². The van der Waals surface area contributed by atoms with Gasteiger partial charge in [-0.05, 0) is 18.4 Å². The number of hydrogen-bond acceptors (Lipinski definition) is 3. The first kappa shape index (κ1) is 11.9. The Labute approximate surface area is 102 Å². The third-order valence-electron chi connectivity index (χ3n) is 2.85. The van der Waals surface area contributed by atoms with Gasteiger partial charge in [0.25, 0.3) is 0 Å². The molecule has 2 rings (SSSR count). The molecule has 0 saturated heterocycles. The van der Waals surface area contributed by atoms with Crippen LogP contribution in [0.15, 0.2) is 34.9 Å². The van der Waals surface area contributed by atoms with E-state index in [1.165, 1.54) is 5.56 Å². The molecule has 17 heavy (non-hydrogen) atoms. The summed E-state index contributed by atoms with van der Waals surface area (Å²) in [5.74, 6) is 1.26. The number of nitrogens with two attached hydrogens (primary N) is 1. The molecule has 2 N–H and O–H groups in total. The minimum Gasteiger partial charge on any atom is -0.359 e. The highest BCUT2D eigenvalue weighted by Gasteiger charge is 2.09. The molecule has 0 radical (unpaired) electrons. The van der Waals surface area contributed by atoms with Crippen molar-refractivity contribution < 1.29 is 4.52 Å². The molecular weight excluding hydrogens is 212 g/mol. The van der Waals surface area contributed by atoms with Crippen LogP contribution in [-0.4, -0.2) is 5.16 Å². The zero-order valence-corrected chi connectivity index (χ0v) is 10.5. The molecule has 0 amide bonds.